The summed E-state index contributed by atoms with van der Waals surface area (Å²) in [4.78, 5) is 23.7. The molecule has 29 heavy (non-hydrogen) atoms. The average Bonchev–Trinajstić information content (AvgIpc) is 2.71. The van der Waals surface area contributed by atoms with E-state index in [4.69, 9.17) is 9.72 Å². The zero-order valence-corrected chi connectivity index (χ0v) is 18.9. The first-order valence-corrected chi connectivity index (χ1v) is 11.0. The highest BCUT2D eigenvalue weighted by Gasteiger charge is 2.11. The summed E-state index contributed by atoms with van der Waals surface area (Å²) in [5.41, 5.74) is 2.61. The SMILES string of the molecule is CCCN(C)c1cc(COC)nc(SCc2cccc(C(=O)NCC(C)C)c2)n1. The summed E-state index contributed by atoms with van der Waals surface area (Å²) in [6.45, 7) is 8.36. The van der Waals surface area contributed by atoms with Crippen LogP contribution in [0.2, 0.25) is 0 Å². The fourth-order valence-electron chi connectivity index (χ4n) is 2.74. The van der Waals surface area contributed by atoms with Crippen LogP contribution in [0.25, 0.3) is 0 Å². The Labute approximate surface area is 178 Å². The first-order valence-electron chi connectivity index (χ1n) is 10.0. The van der Waals surface area contributed by atoms with Gasteiger partial charge in [-0.3, -0.25) is 4.79 Å². The molecule has 1 aromatic heterocycles. The Kier molecular flexibility index (Phi) is 9.41. The molecule has 0 saturated heterocycles. The van der Waals surface area contributed by atoms with Crippen LogP contribution in [-0.2, 0) is 17.1 Å². The van der Waals surface area contributed by atoms with Crippen molar-refractivity contribution in [3.05, 3.63) is 47.2 Å². The molecule has 1 amide bonds. The van der Waals surface area contributed by atoms with E-state index in [-0.39, 0.29) is 5.91 Å². The number of carbonyl (C=O) groups is 1. The van der Waals surface area contributed by atoms with Crippen molar-refractivity contribution in [2.75, 3.05) is 32.1 Å². The molecule has 2 rings (SSSR count). The Morgan fingerprint density at radius 2 is 2.07 bits per heavy atom. The van der Waals surface area contributed by atoms with Gasteiger partial charge in [-0.2, -0.15) is 0 Å². The molecular weight excluding hydrogens is 384 g/mol. The summed E-state index contributed by atoms with van der Waals surface area (Å²) in [7, 11) is 3.70. The Bertz CT molecular complexity index is 798. The maximum atomic E-state index is 12.3. The van der Waals surface area contributed by atoms with Crippen LogP contribution in [0.3, 0.4) is 0 Å². The van der Waals surface area contributed by atoms with Crippen molar-refractivity contribution in [2.45, 2.75) is 44.7 Å². The first-order chi connectivity index (χ1) is 13.9. The topological polar surface area (TPSA) is 67.3 Å². The van der Waals surface area contributed by atoms with Gasteiger partial charge in [0.05, 0.1) is 12.3 Å². The van der Waals surface area contributed by atoms with Crippen LogP contribution in [0.15, 0.2) is 35.5 Å². The number of hydrogen-bond donors (Lipinski definition) is 1. The Morgan fingerprint density at radius 3 is 2.76 bits per heavy atom. The molecule has 0 fully saturated rings. The summed E-state index contributed by atoms with van der Waals surface area (Å²) in [5, 5.41) is 3.68. The smallest absolute Gasteiger partial charge is 0.251 e. The predicted octanol–water partition coefficient (Wildman–Crippen LogP) is 4.15. The number of aromatic nitrogens is 2. The van der Waals surface area contributed by atoms with Gasteiger partial charge in [0.2, 0.25) is 0 Å². The molecule has 0 saturated carbocycles. The summed E-state index contributed by atoms with van der Waals surface area (Å²) in [5.74, 6) is 1.98. The van der Waals surface area contributed by atoms with E-state index in [0.29, 0.717) is 35.5 Å². The summed E-state index contributed by atoms with van der Waals surface area (Å²) in [6, 6.07) is 9.70. The van der Waals surface area contributed by atoms with Gasteiger partial charge in [0, 0.05) is 44.6 Å². The largest absolute Gasteiger partial charge is 0.378 e. The molecule has 0 aliphatic carbocycles. The quantitative estimate of drug-likeness (QED) is 0.438. The first kappa shape index (κ1) is 23.2. The highest BCUT2D eigenvalue weighted by molar-refractivity contribution is 7.98. The van der Waals surface area contributed by atoms with Crippen LogP contribution in [0.5, 0.6) is 0 Å². The molecule has 0 spiro atoms. The number of nitrogens with one attached hydrogen (secondary N) is 1. The number of amides is 1. The highest BCUT2D eigenvalue weighted by Crippen LogP contribution is 2.23. The number of methoxy groups -OCH3 is 1. The standard InChI is InChI=1S/C22H32N4O2S/c1-6-10-26(4)20-12-19(14-28-5)24-22(25-20)29-15-17-8-7-9-18(11-17)21(27)23-13-16(2)3/h7-9,11-12,16H,6,10,13-15H2,1-5H3,(H,23,27). The molecule has 2 aromatic rings. The van der Waals surface area contributed by atoms with E-state index in [1.165, 1.54) is 0 Å². The summed E-state index contributed by atoms with van der Waals surface area (Å²) < 4.78 is 5.26. The van der Waals surface area contributed by atoms with Crippen molar-refractivity contribution in [1.82, 2.24) is 15.3 Å². The van der Waals surface area contributed by atoms with Crippen molar-refractivity contribution in [3.8, 4) is 0 Å². The van der Waals surface area contributed by atoms with Crippen molar-refractivity contribution < 1.29 is 9.53 Å². The number of rotatable bonds is 11. The summed E-state index contributed by atoms with van der Waals surface area (Å²) in [6.07, 6.45) is 1.05. The minimum absolute atomic E-state index is 0.0348. The number of benzene rings is 1. The molecule has 0 aliphatic heterocycles. The lowest BCUT2D eigenvalue weighted by molar-refractivity contribution is 0.0949. The Balaban J connectivity index is 2.10. The molecule has 0 radical (unpaired) electrons. The van der Waals surface area contributed by atoms with Gasteiger partial charge >= 0.3 is 0 Å². The van der Waals surface area contributed by atoms with Gasteiger partial charge < -0.3 is 15.0 Å². The molecular formula is C22H32N4O2S. The second-order valence-electron chi connectivity index (χ2n) is 7.45. The van der Waals surface area contributed by atoms with Gasteiger partial charge in [0.1, 0.15) is 5.82 Å². The molecule has 1 heterocycles. The molecule has 0 unspecified atom stereocenters. The van der Waals surface area contributed by atoms with Crippen molar-refractivity contribution in [2.24, 2.45) is 5.92 Å². The fourth-order valence-corrected chi connectivity index (χ4v) is 3.56. The summed E-state index contributed by atoms with van der Waals surface area (Å²) >= 11 is 1.57. The lowest BCUT2D eigenvalue weighted by Crippen LogP contribution is -2.27. The molecule has 1 N–H and O–H groups in total. The zero-order chi connectivity index (χ0) is 21.2. The molecule has 0 atom stereocenters. The van der Waals surface area contributed by atoms with Gasteiger partial charge in [0.15, 0.2) is 5.16 Å². The molecule has 1 aromatic carbocycles. The molecule has 0 bridgehead atoms. The lowest BCUT2D eigenvalue weighted by atomic mass is 10.1. The second kappa shape index (κ2) is 11.8. The van der Waals surface area contributed by atoms with Gasteiger partial charge in [-0.25, -0.2) is 9.97 Å². The van der Waals surface area contributed by atoms with E-state index < -0.39 is 0 Å². The maximum absolute atomic E-state index is 12.3. The van der Waals surface area contributed by atoms with Crippen molar-refractivity contribution in [1.29, 1.82) is 0 Å². The third-order valence-corrected chi connectivity index (χ3v) is 5.13. The third-order valence-electron chi connectivity index (χ3n) is 4.22. The molecule has 158 valence electrons. The van der Waals surface area contributed by atoms with E-state index >= 15 is 0 Å². The zero-order valence-electron chi connectivity index (χ0n) is 18.1. The van der Waals surface area contributed by atoms with E-state index in [1.807, 2.05) is 37.4 Å². The van der Waals surface area contributed by atoms with Gasteiger partial charge in [-0.15, -0.1) is 0 Å². The third kappa shape index (κ3) is 7.66. The Morgan fingerprint density at radius 1 is 1.28 bits per heavy atom. The lowest BCUT2D eigenvalue weighted by Gasteiger charge is -2.18. The van der Waals surface area contributed by atoms with Crippen LogP contribution < -0.4 is 10.2 Å². The molecule has 6 nitrogen and oxygen atoms in total. The minimum Gasteiger partial charge on any atom is -0.378 e. The maximum Gasteiger partial charge on any atom is 0.251 e. The Hall–Kier alpha value is -2.12. The van der Waals surface area contributed by atoms with E-state index in [1.54, 1.807) is 18.9 Å². The second-order valence-corrected chi connectivity index (χ2v) is 8.39. The van der Waals surface area contributed by atoms with Crippen LogP contribution in [0.4, 0.5) is 5.82 Å². The van der Waals surface area contributed by atoms with E-state index in [9.17, 15) is 4.79 Å². The van der Waals surface area contributed by atoms with Crippen molar-refractivity contribution >= 4 is 23.5 Å². The predicted molar refractivity (Wildman–Crippen MR) is 119 cm³/mol. The number of thioether (sulfide) groups is 1. The average molecular weight is 417 g/mol. The van der Waals surface area contributed by atoms with Crippen LogP contribution in [-0.4, -0.2) is 43.1 Å². The molecule has 0 aliphatic rings. The number of ether oxygens (including phenoxy) is 1. The molecule has 7 heteroatoms. The number of hydrogen-bond acceptors (Lipinski definition) is 6. The van der Waals surface area contributed by atoms with Crippen LogP contribution in [0, 0.1) is 5.92 Å². The van der Waals surface area contributed by atoms with Crippen molar-refractivity contribution in [3.63, 3.8) is 0 Å². The van der Waals surface area contributed by atoms with Crippen LogP contribution in [0.1, 0.15) is 48.8 Å². The van der Waals surface area contributed by atoms with Gasteiger partial charge in [0.25, 0.3) is 5.91 Å². The highest BCUT2D eigenvalue weighted by atomic mass is 32.2. The van der Waals surface area contributed by atoms with E-state index in [2.05, 4.69) is 36.0 Å². The number of carbonyl (C=O) groups excluding carboxylic acids is 1. The fraction of sp³-hybridized carbons (Fsp3) is 0.500. The van der Waals surface area contributed by atoms with Gasteiger partial charge in [-0.05, 0) is 30.0 Å². The van der Waals surface area contributed by atoms with Crippen LogP contribution >= 0.6 is 11.8 Å². The monoisotopic (exact) mass is 416 g/mol. The minimum atomic E-state index is -0.0348. The number of anilines is 1. The van der Waals surface area contributed by atoms with Gasteiger partial charge in [-0.1, -0.05) is 44.7 Å². The van der Waals surface area contributed by atoms with E-state index in [0.717, 1.165) is 30.0 Å². The number of nitrogens with zero attached hydrogens (tertiary/aromatic N) is 3. The normalized spacial score (nSPS) is 11.0.